The Morgan fingerprint density at radius 2 is 1.90 bits per heavy atom. The normalized spacial score (nSPS) is 18.4. The molecule has 0 amide bonds. The Hall–Kier alpha value is -1.39. The van der Waals surface area contributed by atoms with Crippen molar-refractivity contribution >= 4 is 39.5 Å². The van der Waals surface area contributed by atoms with E-state index >= 15 is 0 Å². The molecule has 1 saturated carbocycles. The largest absolute Gasteiger partial charge is 0.297 e. The summed E-state index contributed by atoms with van der Waals surface area (Å²) < 4.78 is 6.27. The molecule has 3 aromatic heterocycles. The van der Waals surface area contributed by atoms with Crippen LogP contribution in [-0.2, 0) is 13.2 Å². The van der Waals surface area contributed by atoms with E-state index in [2.05, 4.69) is 53.5 Å². The van der Waals surface area contributed by atoms with Gasteiger partial charge in [0.2, 0.25) is 0 Å². The first-order valence-corrected chi connectivity index (χ1v) is 12.0. The third kappa shape index (κ3) is 4.39. The number of thiophene rings is 1. The van der Waals surface area contributed by atoms with Gasteiger partial charge in [0.05, 0.1) is 10.5 Å². The van der Waals surface area contributed by atoms with Crippen LogP contribution in [0.2, 0.25) is 0 Å². The van der Waals surface area contributed by atoms with Crippen molar-refractivity contribution in [2.75, 3.05) is 26.2 Å². The fourth-order valence-corrected chi connectivity index (χ4v) is 5.66. The highest BCUT2D eigenvalue weighted by atomic mass is 79.9. The van der Waals surface area contributed by atoms with E-state index in [0.717, 1.165) is 55.6 Å². The highest BCUT2D eigenvalue weighted by Gasteiger charge is 2.29. The van der Waals surface area contributed by atoms with Gasteiger partial charge in [-0.2, -0.15) is 5.10 Å². The van der Waals surface area contributed by atoms with Crippen LogP contribution in [0, 0.1) is 4.77 Å². The summed E-state index contributed by atoms with van der Waals surface area (Å²) >= 11 is 11.2. The molecule has 0 bridgehead atoms. The van der Waals surface area contributed by atoms with Gasteiger partial charge in [-0.05, 0) is 65.3 Å². The van der Waals surface area contributed by atoms with Gasteiger partial charge < -0.3 is 0 Å². The maximum Gasteiger partial charge on any atom is 0.199 e. The van der Waals surface area contributed by atoms with Crippen LogP contribution in [0.1, 0.15) is 23.8 Å². The second-order valence-corrected chi connectivity index (χ2v) is 10.6. The molecule has 0 unspecified atom stereocenters. The van der Waals surface area contributed by atoms with E-state index in [-0.39, 0.29) is 0 Å². The SMILES string of the molecule is S=c1n(CN2CCN(Cc3ccc(Br)s3)CC2)nc(-c2cccnc2)n1C1CC1. The molecule has 1 aliphatic heterocycles. The first-order valence-electron chi connectivity index (χ1n) is 9.96. The molecule has 9 heteroatoms. The molecule has 4 heterocycles. The Balaban J connectivity index is 1.27. The van der Waals surface area contributed by atoms with Crippen LogP contribution in [0.3, 0.4) is 0 Å². The molecule has 2 aliphatic rings. The fraction of sp³-hybridized carbons (Fsp3) is 0.450. The van der Waals surface area contributed by atoms with E-state index in [0.29, 0.717) is 6.04 Å². The number of piperazine rings is 1. The van der Waals surface area contributed by atoms with Gasteiger partial charge in [0.15, 0.2) is 10.6 Å². The number of pyridine rings is 1. The van der Waals surface area contributed by atoms with E-state index < -0.39 is 0 Å². The van der Waals surface area contributed by atoms with Crippen molar-refractivity contribution in [1.82, 2.24) is 29.1 Å². The number of nitrogens with zero attached hydrogens (tertiary/aromatic N) is 6. The summed E-state index contributed by atoms with van der Waals surface area (Å²) in [6.07, 6.45) is 6.04. The standard InChI is InChI=1S/C20H23BrN6S2/c21-18-6-5-17(29-18)13-24-8-10-25(11-9-24)14-26-20(28)27(16-3-4-16)19(23-26)15-2-1-7-22-12-15/h1-2,5-7,12,16H,3-4,8-11,13-14H2. The first kappa shape index (κ1) is 19.6. The third-order valence-corrected chi connectivity index (χ3v) is 7.53. The molecule has 3 aromatic rings. The van der Waals surface area contributed by atoms with Crippen molar-refractivity contribution < 1.29 is 0 Å². The summed E-state index contributed by atoms with van der Waals surface area (Å²) in [7, 11) is 0. The van der Waals surface area contributed by atoms with Crippen LogP contribution in [0.15, 0.2) is 40.4 Å². The van der Waals surface area contributed by atoms with E-state index in [1.807, 2.05) is 28.3 Å². The van der Waals surface area contributed by atoms with Gasteiger partial charge in [-0.3, -0.25) is 19.4 Å². The molecule has 5 rings (SSSR count). The van der Waals surface area contributed by atoms with E-state index in [9.17, 15) is 0 Å². The predicted molar refractivity (Wildman–Crippen MR) is 121 cm³/mol. The topological polar surface area (TPSA) is 42.1 Å². The van der Waals surface area contributed by atoms with E-state index in [4.69, 9.17) is 17.3 Å². The molecule has 1 aliphatic carbocycles. The lowest BCUT2D eigenvalue weighted by molar-refractivity contribution is 0.0987. The lowest BCUT2D eigenvalue weighted by Crippen LogP contribution is -2.46. The van der Waals surface area contributed by atoms with Crippen LogP contribution in [0.25, 0.3) is 11.4 Å². The Kier molecular flexibility index (Phi) is 5.66. The summed E-state index contributed by atoms with van der Waals surface area (Å²) in [6.45, 7) is 6.00. The number of hydrogen-bond donors (Lipinski definition) is 0. The summed E-state index contributed by atoms with van der Waals surface area (Å²) in [6, 6.07) is 8.86. The average molecular weight is 491 g/mol. The van der Waals surface area contributed by atoms with Crippen molar-refractivity contribution in [3.8, 4) is 11.4 Å². The van der Waals surface area contributed by atoms with Crippen molar-refractivity contribution in [3.63, 3.8) is 0 Å². The molecule has 0 atom stereocenters. The molecule has 152 valence electrons. The quantitative estimate of drug-likeness (QED) is 0.478. The number of rotatable bonds is 6. The Morgan fingerprint density at radius 1 is 1.10 bits per heavy atom. The van der Waals surface area contributed by atoms with Gasteiger partial charge in [-0.25, -0.2) is 4.68 Å². The smallest absolute Gasteiger partial charge is 0.199 e. The minimum atomic E-state index is 0.494. The van der Waals surface area contributed by atoms with Crippen LogP contribution >= 0.6 is 39.5 Å². The Labute approximate surface area is 187 Å². The molecular formula is C20H23BrN6S2. The highest BCUT2D eigenvalue weighted by molar-refractivity contribution is 9.11. The van der Waals surface area contributed by atoms with Gasteiger partial charge in [0.25, 0.3) is 0 Å². The van der Waals surface area contributed by atoms with Crippen LogP contribution in [-0.4, -0.2) is 55.3 Å². The molecule has 0 N–H and O–H groups in total. The van der Waals surface area contributed by atoms with Crippen molar-refractivity contribution in [1.29, 1.82) is 0 Å². The van der Waals surface area contributed by atoms with Crippen LogP contribution in [0.4, 0.5) is 0 Å². The van der Waals surface area contributed by atoms with Gasteiger partial charge in [-0.1, -0.05) is 0 Å². The van der Waals surface area contributed by atoms with Gasteiger partial charge in [0, 0.05) is 61.6 Å². The van der Waals surface area contributed by atoms with Gasteiger partial charge in [-0.15, -0.1) is 11.3 Å². The Morgan fingerprint density at radius 3 is 2.55 bits per heavy atom. The lowest BCUT2D eigenvalue weighted by Gasteiger charge is -2.34. The second kappa shape index (κ2) is 8.39. The molecule has 1 saturated heterocycles. The van der Waals surface area contributed by atoms with Crippen LogP contribution in [0.5, 0.6) is 0 Å². The lowest BCUT2D eigenvalue weighted by atomic mass is 10.3. The minimum absolute atomic E-state index is 0.494. The van der Waals surface area contributed by atoms with E-state index in [1.165, 1.54) is 21.5 Å². The summed E-state index contributed by atoms with van der Waals surface area (Å²) in [5.74, 6) is 0.951. The maximum absolute atomic E-state index is 5.81. The van der Waals surface area contributed by atoms with Gasteiger partial charge >= 0.3 is 0 Å². The van der Waals surface area contributed by atoms with E-state index in [1.54, 1.807) is 6.20 Å². The minimum Gasteiger partial charge on any atom is -0.297 e. The zero-order chi connectivity index (χ0) is 19.8. The number of halogens is 1. The maximum atomic E-state index is 5.81. The zero-order valence-corrected chi connectivity index (χ0v) is 19.3. The molecule has 0 radical (unpaired) electrons. The van der Waals surface area contributed by atoms with Crippen molar-refractivity contribution in [3.05, 3.63) is 50.1 Å². The van der Waals surface area contributed by atoms with Crippen molar-refractivity contribution in [2.24, 2.45) is 0 Å². The monoisotopic (exact) mass is 490 g/mol. The van der Waals surface area contributed by atoms with Crippen molar-refractivity contribution in [2.45, 2.75) is 32.1 Å². The highest BCUT2D eigenvalue weighted by Crippen LogP contribution is 2.38. The zero-order valence-electron chi connectivity index (χ0n) is 16.1. The molecule has 0 aromatic carbocycles. The molecule has 29 heavy (non-hydrogen) atoms. The Bertz CT molecular complexity index is 1030. The summed E-state index contributed by atoms with van der Waals surface area (Å²) in [5, 5.41) is 4.90. The number of aromatic nitrogens is 4. The fourth-order valence-electron chi connectivity index (χ4n) is 3.80. The average Bonchev–Trinajstić information content (AvgIpc) is 3.41. The molecular weight excluding hydrogens is 468 g/mol. The molecule has 2 fully saturated rings. The number of hydrogen-bond acceptors (Lipinski definition) is 6. The van der Waals surface area contributed by atoms with Crippen LogP contribution < -0.4 is 0 Å². The summed E-state index contributed by atoms with van der Waals surface area (Å²) in [4.78, 5) is 10.7. The second-order valence-electron chi connectivity index (χ2n) is 7.69. The van der Waals surface area contributed by atoms with Gasteiger partial charge in [0.1, 0.15) is 0 Å². The molecule has 6 nitrogen and oxygen atoms in total. The third-order valence-electron chi connectivity index (χ3n) is 5.51. The molecule has 0 spiro atoms. The first-order chi connectivity index (χ1) is 14.2. The summed E-state index contributed by atoms with van der Waals surface area (Å²) in [5.41, 5.74) is 1.04. The predicted octanol–water partition coefficient (Wildman–Crippen LogP) is 4.41.